The van der Waals surface area contributed by atoms with E-state index in [4.69, 9.17) is 0 Å². The van der Waals surface area contributed by atoms with Gasteiger partial charge in [0.2, 0.25) is 0 Å². The zero-order valence-corrected chi connectivity index (χ0v) is 11.7. The number of nitrogens with zero attached hydrogens (tertiary/aromatic N) is 1. The second kappa shape index (κ2) is 6.24. The van der Waals surface area contributed by atoms with Crippen molar-refractivity contribution in [3.8, 4) is 0 Å². The van der Waals surface area contributed by atoms with Crippen molar-refractivity contribution in [3.05, 3.63) is 73.3 Å². The largest absolute Gasteiger partial charge is 0.334 e. The summed E-state index contributed by atoms with van der Waals surface area (Å²) < 4.78 is 0. The monoisotopic (exact) mass is 251 g/mol. The van der Waals surface area contributed by atoms with Crippen LogP contribution in [0.1, 0.15) is 13.8 Å². The molecule has 1 atom stereocenters. The molecule has 0 aliphatic carbocycles. The number of para-hydroxylation sites is 2. The van der Waals surface area contributed by atoms with Crippen LogP contribution in [0.15, 0.2) is 73.3 Å². The molecule has 0 spiro atoms. The Morgan fingerprint density at radius 1 is 0.842 bits per heavy atom. The highest BCUT2D eigenvalue weighted by atomic mass is 15.2. The van der Waals surface area contributed by atoms with Crippen LogP contribution in [0.4, 0.5) is 11.4 Å². The van der Waals surface area contributed by atoms with Gasteiger partial charge < -0.3 is 4.90 Å². The second-order valence-electron chi connectivity index (χ2n) is 5.01. The topological polar surface area (TPSA) is 3.24 Å². The third-order valence-electron chi connectivity index (χ3n) is 3.29. The van der Waals surface area contributed by atoms with Crippen LogP contribution >= 0.6 is 0 Å². The smallest absolute Gasteiger partial charge is 0.0542 e. The number of rotatable bonds is 5. The van der Waals surface area contributed by atoms with Gasteiger partial charge in [-0.15, -0.1) is 6.58 Å². The summed E-state index contributed by atoms with van der Waals surface area (Å²) in [5.74, 6) is 0.498. The molecule has 0 aliphatic heterocycles. The van der Waals surface area contributed by atoms with E-state index in [1.807, 2.05) is 18.2 Å². The van der Waals surface area contributed by atoms with Crippen molar-refractivity contribution >= 4 is 11.4 Å². The molecule has 0 amide bonds. The van der Waals surface area contributed by atoms with Crippen LogP contribution < -0.4 is 4.90 Å². The predicted molar refractivity (Wildman–Crippen MR) is 83.8 cm³/mol. The lowest BCUT2D eigenvalue weighted by Crippen LogP contribution is -2.33. The molecule has 0 heterocycles. The summed E-state index contributed by atoms with van der Waals surface area (Å²) in [5, 5.41) is 0. The van der Waals surface area contributed by atoms with Gasteiger partial charge in [0.05, 0.1) is 6.04 Å². The molecule has 1 nitrogen and oxygen atoms in total. The van der Waals surface area contributed by atoms with Crippen molar-refractivity contribution in [1.82, 2.24) is 0 Å². The van der Waals surface area contributed by atoms with E-state index in [-0.39, 0.29) is 6.04 Å². The fourth-order valence-electron chi connectivity index (χ4n) is 2.35. The normalized spacial score (nSPS) is 12.2. The van der Waals surface area contributed by atoms with Gasteiger partial charge in [-0.25, -0.2) is 0 Å². The zero-order valence-electron chi connectivity index (χ0n) is 11.7. The Kier molecular flexibility index (Phi) is 4.40. The molecule has 0 aromatic heterocycles. The molecule has 0 saturated carbocycles. The van der Waals surface area contributed by atoms with Crippen molar-refractivity contribution in [2.75, 3.05) is 4.90 Å². The van der Waals surface area contributed by atoms with Crippen LogP contribution in [0.5, 0.6) is 0 Å². The Morgan fingerprint density at radius 3 is 1.58 bits per heavy atom. The summed E-state index contributed by atoms with van der Waals surface area (Å²) in [7, 11) is 0. The van der Waals surface area contributed by atoms with Crippen molar-refractivity contribution in [3.63, 3.8) is 0 Å². The Balaban J connectivity index is 2.48. The molecule has 0 bridgehead atoms. The van der Waals surface area contributed by atoms with Crippen LogP contribution in [-0.2, 0) is 0 Å². The standard InChI is InChI=1S/C18H21N/c1-4-18(15(2)3)19(16-11-7-5-8-12-16)17-13-9-6-10-14-17/h4-15,18H,1H2,2-3H3. The van der Waals surface area contributed by atoms with Crippen molar-refractivity contribution < 1.29 is 0 Å². The molecule has 0 radical (unpaired) electrons. The van der Waals surface area contributed by atoms with Crippen LogP contribution in [0.3, 0.4) is 0 Å². The Hall–Kier alpha value is -2.02. The number of benzene rings is 2. The van der Waals surface area contributed by atoms with E-state index in [2.05, 4.69) is 73.9 Å². The minimum atomic E-state index is 0.282. The van der Waals surface area contributed by atoms with Crippen molar-refractivity contribution in [1.29, 1.82) is 0 Å². The van der Waals surface area contributed by atoms with Crippen LogP contribution in [-0.4, -0.2) is 6.04 Å². The lowest BCUT2D eigenvalue weighted by molar-refractivity contribution is 0.560. The van der Waals surface area contributed by atoms with Gasteiger partial charge >= 0.3 is 0 Å². The van der Waals surface area contributed by atoms with Gasteiger partial charge in [0, 0.05) is 11.4 Å². The van der Waals surface area contributed by atoms with Crippen molar-refractivity contribution in [2.45, 2.75) is 19.9 Å². The first-order valence-corrected chi connectivity index (χ1v) is 6.76. The Labute approximate surface area is 116 Å². The summed E-state index contributed by atoms with van der Waals surface area (Å²) >= 11 is 0. The SMILES string of the molecule is C=CC(C(C)C)N(c1ccccc1)c1ccccc1. The van der Waals surface area contributed by atoms with Crippen LogP contribution in [0.2, 0.25) is 0 Å². The van der Waals surface area contributed by atoms with Gasteiger partial charge in [-0.1, -0.05) is 56.3 Å². The van der Waals surface area contributed by atoms with Gasteiger partial charge in [0.15, 0.2) is 0 Å². The van der Waals surface area contributed by atoms with Crippen LogP contribution in [0, 0.1) is 5.92 Å². The first kappa shape index (κ1) is 13.4. The van der Waals surface area contributed by atoms with Gasteiger partial charge in [-0.2, -0.15) is 0 Å². The number of hydrogen-bond acceptors (Lipinski definition) is 1. The Bertz CT molecular complexity index is 462. The summed E-state index contributed by atoms with van der Waals surface area (Å²) in [6.45, 7) is 8.47. The highest BCUT2D eigenvalue weighted by Crippen LogP contribution is 2.30. The maximum Gasteiger partial charge on any atom is 0.0542 e. The minimum Gasteiger partial charge on any atom is -0.334 e. The van der Waals surface area contributed by atoms with Gasteiger partial charge in [-0.05, 0) is 30.2 Å². The predicted octanol–water partition coefficient (Wildman–Crippen LogP) is 5.04. The van der Waals surface area contributed by atoms with Crippen molar-refractivity contribution in [2.24, 2.45) is 5.92 Å². The second-order valence-corrected chi connectivity index (χ2v) is 5.01. The van der Waals surface area contributed by atoms with E-state index in [0.29, 0.717) is 5.92 Å². The molecule has 1 unspecified atom stereocenters. The van der Waals surface area contributed by atoms with E-state index >= 15 is 0 Å². The molecule has 1 heteroatoms. The molecule has 19 heavy (non-hydrogen) atoms. The maximum atomic E-state index is 4.01. The molecule has 2 aromatic carbocycles. The van der Waals surface area contributed by atoms with Gasteiger partial charge in [-0.3, -0.25) is 0 Å². The fourth-order valence-corrected chi connectivity index (χ4v) is 2.35. The highest BCUT2D eigenvalue weighted by molar-refractivity contribution is 5.64. The zero-order chi connectivity index (χ0) is 13.7. The van der Waals surface area contributed by atoms with Gasteiger partial charge in [0.1, 0.15) is 0 Å². The first-order valence-electron chi connectivity index (χ1n) is 6.76. The van der Waals surface area contributed by atoms with Gasteiger partial charge in [0.25, 0.3) is 0 Å². The molecular weight excluding hydrogens is 230 g/mol. The Morgan fingerprint density at radius 2 is 1.26 bits per heavy atom. The molecular formula is C18H21N. The molecule has 98 valence electrons. The molecule has 0 fully saturated rings. The van der Waals surface area contributed by atoms with E-state index in [9.17, 15) is 0 Å². The molecule has 0 N–H and O–H groups in total. The summed E-state index contributed by atoms with van der Waals surface area (Å²) in [4.78, 5) is 2.34. The number of anilines is 2. The average molecular weight is 251 g/mol. The fraction of sp³-hybridized carbons (Fsp3) is 0.222. The summed E-state index contributed by atoms with van der Waals surface area (Å²) in [5.41, 5.74) is 2.40. The van der Waals surface area contributed by atoms with E-state index in [1.165, 1.54) is 11.4 Å². The van der Waals surface area contributed by atoms with E-state index in [1.54, 1.807) is 0 Å². The maximum absolute atomic E-state index is 4.01. The summed E-state index contributed by atoms with van der Waals surface area (Å²) in [6.07, 6.45) is 2.03. The molecule has 0 aliphatic rings. The third-order valence-corrected chi connectivity index (χ3v) is 3.29. The minimum absolute atomic E-state index is 0.282. The quantitative estimate of drug-likeness (QED) is 0.673. The van der Waals surface area contributed by atoms with Crippen LogP contribution in [0.25, 0.3) is 0 Å². The third kappa shape index (κ3) is 3.05. The molecule has 2 rings (SSSR count). The number of hydrogen-bond donors (Lipinski definition) is 0. The average Bonchev–Trinajstić information content (AvgIpc) is 2.46. The summed E-state index contributed by atoms with van der Waals surface area (Å²) in [6, 6.07) is 21.3. The molecule has 0 saturated heterocycles. The lowest BCUT2D eigenvalue weighted by atomic mass is 10.0. The first-order chi connectivity index (χ1) is 9.24. The highest BCUT2D eigenvalue weighted by Gasteiger charge is 2.20. The molecule has 2 aromatic rings. The lowest BCUT2D eigenvalue weighted by Gasteiger charge is -2.34. The van der Waals surface area contributed by atoms with E-state index < -0.39 is 0 Å². The van der Waals surface area contributed by atoms with E-state index in [0.717, 1.165) is 0 Å².